The van der Waals surface area contributed by atoms with E-state index in [1.807, 2.05) is 22.4 Å². The SMILES string of the molecule is CS(=O)(=O)c1cccc(C(=O)N2CCCC2c2cccs2)c1. The maximum absolute atomic E-state index is 12.8. The van der Waals surface area contributed by atoms with Gasteiger partial charge in [-0.25, -0.2) is 8.42 Å². The van der Waals surface area contributed by atoms with E-state index in [-0.39, 0.29) is 16.8 Å². The Labute approximate surface area is 134 Å². The van der Waals surface area contributed by atoms with Gasteiger partial charge in [0.05, 0.1) is 10.9 Å². The molecule has 0 saturated carbocycles. The molecule has 2 aromatic rings. The summed E-state index contributed by atoms with van der Waals surface area (Å²) in [6.07, 6.45) is 3.08. The van der Waals surface area contributed by atoms with Crippen LogP contribution in [-0.4, -0.2) is 32.0 Å². The van der Waals surface area contributed by atoms with Crippen molar-refractivity contribution < 1.29 is 13.2 Å². The largest absolute Gasteiger partial charge is 0.331 e. The van der Waals surface area contributed by atoms with Gasteiger partial charge in [-0.15, -0.1) is 11.3 Å². The molecule has 1 aliphatic rings. The molecule has 4 nitrogen and oxygen atoms in total. The third-order valence-electron chi connectivity index (χ3n) is 3.89. The maximum atomic E-state index is 12.8. The zero-order valence-electron chi connectivity index (χ0n) is 12.2. The molecule has 3 rings (SSSR count). The van der Waals surface area contributed by atoms with E-state index in [9.17, 15) is 13.2 Å². The molecule has 0 spiro atoms. The number of amides is 1. The van der Waals surface area contributed by atoms with E-state index < -0.39 is 9.84 Å². The van der Waals surface area contributed by atoms with Gasteiger partial charge < -0.3 is 4.90 Å². The van der Waals surface area contributed by atoms with E-state index in [1.165, 1.54) is 17.0 Å². The van der Waals surface area contributed by atoms with Crippen LogP contribution in [0.3, 0.4) is 0 Å². The zero-order valence-corrected chi connectivity index (χ0v) is 13.9. The summed E-state index contributed by atoms with van der Waals surface area (Å²) in [6, 6.07) is 10.4. The smallest absolute Gasteiger partial charge is 0.254 e. The topological polar surface area (TPSA) is 54.5 Å². The summed E-state index contributed by atoms with van der Waals surface area (Å²) >= 11 is 1.65. The van der Waals surface area contributed by atoms with E-state index in [2.05, 4.69) is 0 Å². The second-order valence-electron chi connectivity index (χ2n) is 5.47. The molecule has 2 heterocycles. The Morgan fingerprint density at radius 3 is 2.77 bits per heavy atom. The van der Waals surface area contributed by atoms with Crippen molar-refractivity contribution in [2.75, 3.05) is 12.8 Å². The third-order valence-corrected chi connectivity index (χ3v) is 5.98. The van der Waals surface area contributed by atoms with Gasteiger partial charge in [0.25, 0.3) is 5.91 Å². The molecule has 1 amide bonds. The summed E-state index contributed by atoms with van der Waals surface area (Å²) in [5.74, 6) is -0.0959. The van der Waals surface area contributed by atoms with Gasteiger partial charge in [-0.3, -0.25) is 4.79 Å². The lowest BCUT2D eigenvalue weighted by Crippen LogP contribution is -2.30. The quantitative estimate of drug-likeness (QED) is 0.866. The van der Waals surface area contributed by atoms with Crippen molar-refractivity contribution in [1.82, 2.24) is 4.90 Å². The highest BCUT2D eigenvalue weighted by molar-refractivity contribution is 7.90. The fourth-order valence-electron chi connectivity index (χ4n) is 2.81. The number of sulfone groups is 1. The van der Waals surface area contributed by atoms with Gasteiger partial charge in [0.15, 0.2) is 9.84 Å². The van der Waals surface area contributed by atoms with Crippen LogP contribution in [0.4, 0.5) is 0 Å². The van der Waals surface area contributed by atoms with Crippen molar-refractivity contribution in [2.24, 2.45) is 0 Å². The van der Waals surface area contributed by atoms with Gasteiger partial charge >= 0.3 is 0 Å². The lowest BCUT2D eigenvalue weighted by atomic mass is 10.1. The van der Waals surface area contributed by atoms with Crippen molar-refractivity contribution in [3.8, 4) is 0 Å². The van der Waals surface area contributed by atoms with E-state index >= 15 is 0 Å². The fraction of sp³-hybridized carbons (Fsp3) is 0.312. The Morgan fingerprint density at radius 1 is 1.27 bits per heavy atom. The molecule has 1 atom stereocenters. The molecule has 116 valence electrons. The zero-order chi connectivity index (χ0) is 15.7. The maximum Gasteiger partial charge on any atom is 0.254 e. The number of hydrogen-bond acceptors (Lipinski definition) is 4. The molecule has 22 heavy (non-hydrogen) atoms. The van der Waals surface area contributed by atoms with E-state index in [4.69, 9.17) is 0 Å². The fourth-order valence-corrected chi connectivity index (χ4v) is 4.35. The number of benzene rings is 1. The molecular formula is C16H17NO3S2. The number of nitrogens with zero attached hydrogens (tertiary/aromatic N) is 1. The number of hydrogen-bond donors (Lipinski definition) is 0. The van der Waals surface area contributed by atoms with Crippen LogP contribution in [0.5, 0.6) is 0 Å². The summed E-state index contributed by atoms with van der Waals surface area (Å²) in [4.78, 5) is 16.0. The van der Waals surface area contributed by atoms with Crippen molar-refractivity contribution in [1.29, 1.82) is 0 Å². The Kier molecular flexibility index (Phi) is 4.06. The molecule has 1 aromatic heterocycles. The highest BCUT2D eigenvalue weighted by atomic mass is 32.2. The Bertz CT molecular complexity index is 781. The van der Waals surface area contributed by atoms with Crippen molar-refractivity contribution >= 4 is 27.1 Å². The monoisotopic (exact) mass is 335 g/mol. The molecule has 0 radical (unpaired) electrons. The van der Waals surface area contributed by atoms with Crippen molar-refractivity contribution in [3.05, 3.63) is 52.2 Å². The number of carbonyl (C=O) groups is 1. The average molecular weight is 335 g/mol. The van der Waals surface area contributed by atoms with Crippen LogP contribution in [0.2, 0.25) is 0 Å². The van der Waals surface area contributed by atoms with E-state index in [1.54, 1.807) is 23.5 Å². The first-order valence-electron chi connectivity index (χ1n) is 7.11. The Hall–Kier alpha value is -1.66. The number of likely N-dealkylation sites (tertiary alicyclic amines) is 1. The standard InChI is InChI=1S/C16H17NO3S2/c1-22(19,20)13-6-2-5-12(11-13)16(18)17-9-3-7-14(17)15-8-4-10-21-15/h2,4-6,8,10-11,14H,3,7,9H2,1H3. The van der Waals surface area contributed by atoms with Gasteiger partial charge in [0.1, 0.15) is 0 Å². The minimum absolute atomic E-state index is 0.0959. The van der Waals surface area contributed by atoms with Crippen LogP contribution in [-0.2, 0) is 9.84 Å². The lowest BCUT2D eigenvalue weighted by molar-refractivity contribution is 0.0737. The van der Waals surface area contributed by atoms with E-state index in [0.717, 1.165) is 19.1 Å². The molecule has 1 unspecified atom stereocenters. The van der Waals surface area contributed by atoms with Gasteiger partial charge in [-0.2, -0.15) is 0 Å². The first-order chi connectivity index (χ1) is 10.5. The summed E-state index contributed by atoms with van der Waals surface area (Å²) in [7, 11) is -3.31. The predicted molar refractivity (Wildman–Crippen MR) is 86.9 cm³/mol. The molecule has 0 N–H and O–H groups in total. The van der Waals surface area contributed by atoms with Crippen molar-refractivity contribution in [3.63, 3.8) is 0 Å². The number of thiophene rings is 1. The normalized spacial score (nSPS) is 18.6. The molecule has 0 bridgehead atoms. The third kappa shape index (κ3) is 2.94. The molecule has 1 aromatic carbocycles. The summed E-state index contributed by atoms with van der Waals surface area (Å²) < 4.78 is 23.3. The van der Waals surface area contributed by atoms with E-state index in [0.29, 0.717) is 12.1 Å². The minimum Gasteiger partial charge on any atom is -0.331 e. The first-order valence-corrected chi connectivity index (χ1v) is 9.88. The number of rotatable bonds is 3. The minimum atomic E-state index is -3.31. The number of carbonyl (C=O) groups excluding carboxylic acids is 1. The van der Waals surface area contributed by atoms with Crippen LogP contribution in [0.25, 0.3) is 0 Å². The first kappa shape index (κ1) is 15.2. The molecular weight excluding hydrogens is 318 g/mol. The molecule has 1 fully saturated rings. The van der Waals surface area contributed by atoms with Crippen LogP contribution in [0.15, 0.2) is 46.7 Å². The van der Waals surface area contributed by atoms with Crippen LogP contribution in [0, 0.1) is 0 Å². The lowest BCUT2D eigenvalue weighted by Gasteiger charge is -2.24. The Balaban J connectivity index is 1.91. The van der Waals surface area contributed by atoms with Crippen LogP contribution < -0.4 is 0 Å². The summed E-state index contributed by atoms with van der Waals surface area (Å²) in [5.41, 5.74) is 0.436. The highest BCUT2D eigenvalue weighted by Gasteiger charge is 2.31. The van der Waals surface area contributed by atoms with Crippen LogP contribution in [0.1, 0.15) is 34.1 Å². The van der Waals surface area contributed by atoms with Crippen molar-refractivity contribution in [2.45, 2.75) is 23.8 Å². The van der Waals surface area contributed by atoms with Crippen LogP contribution >= 0.6 is 11.3 Å². The van der Waals surface area contributed by atoms with Gasteiger partial charge in [-0.05, 0) is 42.5 Å². The molecule has 1 aliphatic heterocycles. The highest BCUT2D eigenvalue weighted by Crippen LogP contribution is 2.35. The van der Waals surface area contributed by atoms with Gasteiger partial charge in [0, 0.05) is 23.2 Å². The molecule has 0 aliphatic carbocycles. The van der Waals surface area contributed by atoms with Gasteiger partial charge in [-0.1, -0.05) is 12.1 Å². The average Bonchev–Trinajstić information content (AvgIpc) is 3.16. The Morgan fingerprint density at radius 2 is 2.09 bits per heavy atom. The molecule has 1 saturated heterocycles. The summed E-state index contributed by atoms with van der Waals surface area (Å²) in [5, 5.41) is 2.01. The second-order valence-corrected chi connectivity index (χ2v) is 8.47. The summed E-state index contributed by atoms with van der Waals surface area (Å²) in [6.45, 7) is 0.713. The predicted octanol–water partition coefficient (Wildman–Crippen LogP) is 3.13. The molecule has 6 heteroatoms. The van der Waals surface area contributed by atoms with Gasteiger partial charge in [0.2, 0.25) is 0 Å². The second kappa shape index (κ2) is 5.85.